The van der Waals surface area contributed by atoms with Gasteiger partial charge in [0.05, 0.1) is 6.07 Å². The van der Waals surface area contributed by atoms with Gasteiger partial charge in [-0.3, -0.25) is 9.59 Å². The topological polar surface area (TPSA) is 96.0 Å². The van der Waals surface area contributed by atoms with E-state index in [-0.39, 0.29) is 18.2 Å². The molecule has 0 aromatic rings. The second kappa shape index (κ2) is 6.89. The van der Waals surface area contributed by atoms with Crippen molar-refractivity contribution in [3.63, 3.8) is 0 Å². The first-order chi connectivity index (χ1) is 6.61. The summed E-state index contributed by atoms with van der Waals surface area (Å²) in [5.41, 5.74) is 4.92. The van der Waals surface area contributed by atoms with Crippen molar-refractivity contribution in [3.8, 4) is 6.07 Å². The molecule has 0 bridgehead atoms. The van der Waals surface area contributed by atoms with E-state index in [2.05, 4.69) is 5.32 Å². The summed E-state index contributed by atoms with van der Waals surface area (Å²) in [7, 11) is 0. The molecule has 0 aliphatic carbocycles. The summed E-state index contributed by atoms with van der Waals surface area (Å²) in [6.07, 6.45) is 1.27. The number of carbonyl (C=O) groups excluding carboxylic acids is 2. The van der Waals surface area contributed by atoms with Crippen molar-refractivity contribution in [2.24, 2.45) is 11.7 Å². The van der Waals surface area contributed by atoms with Crippen molar-refractivity contribution in [2.75, 3.05) is 6.54 Å². The highest BCUT2D eigenvalue weighted by Crippen LogP contribution is 1.99. The molecule has 0 saturated carbocycles. The number of amides is 2. The lowest BCUT2D eigenvalue weighted by Crippen LogP contribution is -2.30. The maximum absolute atomic E-state index is 11.2. The first-order valence-corrected chi connectivity index (χ1v) is 4.57. The Morgan fingerprint density at radius 2 is 2.21 bits per heavy atom. The zero-order valence-electron chi connectivity index (χ0n) is 8.25. The molecular weight excluding hydrogens is 182 g/mol. The van der Waals surface area contributed by atoms with Gasteiger partial charge < -0.3 is 11.1 Å². The molecule has 0 saturated heterocycles. The summed E-state index contributed by atoms with van der Waals surface area (Å²) in [6.45, 7) is 2.16. The predicted octanol–water partition coefficient (Wildman–Crippen LogP) is -0.0821. The minimum Gasteiger partial charge on any atom is -0.370 e. The molecule has 0 heterocycles. The van der Waals surface area contributed by atoms with Crippen molar-refractivity contribution >= 4 is 11.8 Å². The fraction of sp³-hybridized carbons (Fsp3) is 0.667. The van der Waals surface area contributed by atoms with Gasteiger partial charge in [-0.05, 0) is 12.8 Å². The predicted molar refractivity (Wildman–Crippen MR) is 50.8 cm³/mol. The van der Waals surface area contributed by atoms with Crippen LogP contribution in [0.15, 0.2) is 0 Å². The number of nitriles is 1. The summed E-state index contributed by atoms with van der Waals surface area (Å²) in [5.74, 6) is -1.25. The van der Waals surface area contributed by atoms with Crippen molar-refractivity contribution in [3.05, 3.63) is 0 Å². The van der Waals surface area contributed by atoms with Crippen LogP contribution in [0.3, 0.4) is 0 Å². The Labute approximate surface area is 83.3 Å². The molecule has 2 amide bonds. The van der Waals surface area contributed by atoms with E-state index < -0.39 is 5.92 Å². The fourth-order valence-corrected chi connectivity index (χ4v) is 0.933. The van der Waals surface area contributed by atoms with Crippen LogP contribution in [0.25, 0.3) is 0 Å². The first-order valence-electron chi connectivity index (χ1n) is 4.57. The lowest BCUT2D eigenvalue weighted by atomic mass is 10.1. The van der Waals surface area contributed by atoms with E-state index in [1.54, 1.807) is 6.92 Å². The summed E-state index contributed by atoms with van der Waals surface area (Å²) in [6, 6.07) is 1.90. The Morgan fingerprint density at radius 3 is 2.64 bits per heavy atom. The second-order valence-corrected chi connectivity index (χ2v) is 2.95. The van der Waals surface area contributed by atoms with Gasteiger partial charge in [0.1, 0.15) is 5.92 Å². The lowest BCUT2D eigenvalue weighted by molar-refractivity contribution is -0.124. The zero-order chi connectivity index (χ0) is 11.0. The Morgan fingerprint density at radius 1 is 1.57 bits per heavy atom. The Bertz CT molecular complexity index is 245. The van der Waals surface area contributed by atoms with Crippen molar-refractivity contribution in [1.29, 1.82) is 5.26 Å². The summed E-state index contributed by atoms with van der Waals surface area (Å²) >= 11 is 0. The molecule has 5 heteroatoms. The molecule has 0 aromatic heterocycles. The van der Waals surface area contributed by atoms with Gasteiger partial charge >= 0.3 is 0 Å². The van der Waals surface area contributed by atoms with Crippen LogP contribution < -0.4 is 11.1 Å². The minimum absolute atomic E-state index is 0.254. The molecule has 78 valence electrons. The van der Waals surface area contributed by atoms with Gasteiger partial charge in [0.15, 0.2) is 0 Å². The van der Waals surface area contributed by atoms with Gasteiger partial charge in [0.25, 0.3) is 0 Å². The molecule has 0 fully saturated rings. The highest BCUT2D eigenvalue weighted by molar-refractivity contribution is 5.81. The molecule has 3 N–H and O–H groups in total. The van der Waals surface area contributed by atoms with Crippen LogP contribution in [-0.4, -0.2) is 18.4 Å². The monoisotopic (exact) mass is 197 g/mol. The van der Waals surface area contributed by atoms with Gasteiger partial charge in [0, 0.05) is 13.0 Å². The number of nitrogens with zero attached hydrogens (tertiary/aromatic N) is 1. The minimum atomic E-state index is -0.594. The molecule has 1 unspecified atom stereocenters. The molecule has 14 heavy (non-hydrogen) atoms. The smallest absolute Gasteiger partial charge is 0.237 e. The number of nitrogens with two attached hydrogens (primary N) is 1. The zero-order valence-corrected chi connectivity index (χ0v) is 8.25. The number of rotatable bonds is 6. The number of primary amides is 1. The quantitative estimate of drug-likeness (QED) is 0.583. The van der Waals surface area contributed by atoms with Crippen LogP contribution in [0, 0.1) is 17.2 Å². The van der Waals surface area contributed by atoms with Gasteiger partial charge in [-0.1, -0.05) is 6.92 Å². The van der Waals surface area contributed by atoms with E-state index in [9.17, 15) is 9.59 Å². The van der Waals surface area contributed by atoms with Gasteiger partial charge in [-0.25, -0.2) is 0 Å². The summed E-state index contributed by atoms with van der Waals surface area (Å²) in [4.78, 5) is 21.5. The van der Waals surface area contributed by atoms with Gasteiger partial charge in [-0.2, -0.15) is 5.26 Å². The first kappa shape index (κ1) is 12.4. The molecule has 0 spiro atoms. The van der Waals surface area contributed by atoms with Crippen LogP contribution in [0.5, 0.6) is 0 Å². The van der Waals surface area contributed by atoms with E-state index >= 15 is 0 Å². The second-order valence-electron chi connectivity index (χ2n) is 2.95. The molecule has 1 atom stereocenters. The van der Waals surface area contributed by atoms with Crippen LogP contribution in [0.2, 0.25) is 0 Å². The summed E-state index contributed by atoms with van der Waals surface area (Å²) in [5, 5.41) is 11.1. The Kier molecular flexibility index (Phi) is 6.12. The van der Waals surface area contributed by atoms with Crippen molar-refractivity contribution < 1.29 is 9.59 Å². The maximum Gasteiger partial charge on any atom is 0.237 e. The third-order valence-electron chi connectivity index (χ3n) is 1.78. The van der Waals surface area contributed by atoms with Gasteiger partial charge in [-0.15, -0.1) is 0 Å². The number of carbonyl (C=O) groups is 2. The number of hydrogen-bond acceptors (Lipinski definition) is 3. The maximum atomic E-state index is 11.2. The third-order valence-corrected chi connectivity index (χ3v) is 1.78. The summed E-state index contributed by atoms with van der Waals surface area (Å²) < 4.78 is 0. The van der Waals surface area contributed by atoms with Crippen LogP contribution >= 0.6 is 0 Å². The average Bonchev–Trinajstić information content (AvgIpc) is 2.14. The molecule has 5 nitrogen and oxygen atoms in total. The molecule has 0 radical (unpaired) electrons. The van der Waals surface area contributed by atoms with Crippen molar-refractivity contribution in [2.45, 2.75) is 26.2 Å². The van der Waals surface area contributed by atoms with E-state index in [0.717, 1.165) is 0 Å². The SMILES string of the molecule is CCC(C#N)C(=O)NCCCC(N)=O. The van der Waals surface area contributed by atoms with E-state index in [1.165, 1.54) is 0 Å². The highest BCUT2D eigenvalue weighted by atomic mass is 16.2. The molecule has 0 aliphatic rings. The molecule has 0 rings (SSSR count). The molecule has 0 aromatic carbocycles. The number of hydrogen-bond donors (Lipinski definition) is 2. The fourth-order valence-electron chi connectivity index (χ4n) is 0.933. The highest BCUT2D eigenvalue weighted by Gasteiger charge is 2.13. The lowest BCUT2D eigenvalue weighted by Gasteiger charge is -2.06. The van der Waals surface area contributed by atoms with E-state index in [0.29, 0.717) is 19.4 Å². The van der Waals surface area contributed by atoms with Crippen LogP contribution in [0.4, 0.5) is 0 Å². The Hall–Kier alpha value is -1.57. The standard InChI is InChI=1S/C9H15N3O2/c1-2-7(6-10)9(14)12-5-3-4-8(11)13/h7H,2-5H2,1H3,(H2,11,13)(H,12,14). The van der Waals surface area contributed by atoms with E-state index in [1.807, 2.05) is 6.07 Å². The molecule has 0 aliphatic heterocycles. The van der Waals surface area contributed by atoms with Gasteiger partial charge in [0.2, 0.25) is 11.8 Å². The normalized spacial score (nSPS) is 11.4. The molecular formula is C9H15N3O2. The number of nitrogens with one attached hydrogen (secondary N) is 1. The van der Waals surface area contributed by atoms with Crippen LogP contribution in [-0.2, 0) is 9.59 Å². The third kappa shape index (κ3) is 5.14. The Balaban J connectivity index is 3.64. The largest absolute Gasteiger partial charge is 0.370 e. The van der Waals surface area contributed by atoms with Crippen molar-refractivity contribution in [1.82, 2.24) is 5.32 Å². The van der Waals surface area contributed by atoms with Crippen LogP contribution in [0.1, 0.15) is 26.2 Å². The van der Waals surface area contributed by atoms with E-state index in [4.69, 9.17) is 11.0 Å². The average molecular weight is 197 g/mol.